The van der Waals surface area contributed by atoms with Crippen LogP contribution in [0.3, 0.4) is 0 Å². The van der Waals surface area contributed by atoms with E-state index < -0.39 is 0 Å². The molecule has 4 aromatic rings. The number of primary amides is 1. The summed E-state index contributed by atoms with van der Waals surface area (Å²) in [6.07, 6.45) is 4.07. The molecule has 5 rings (SSSR count). The number of thiophene rings is 1. The number of hydrogen-bond donors (Lipinski definition) is 1. The smallest absolute Gasteiger partial charge is 0.220 e. The number of ether oxygens (including phenoxy) is 2. The summed E-state index contributed by atoms with van der Waals surface area (Å²) in [6, 6.07) is 25.5. The van der Waals surface area contributed by atoms with Crippen LogP contribution in [-0.4, -0.2) is 43.7 Å². The summed E-state index contributed by atoms with van der Waals surface area (Å²) in [5.41, 5.74) is 9.13. The molecule has 0 bridgehead atoms. The lowest BCUT2D eigenvalue weighted by molar-refractivity contribution is -0.121. The van der Waals surface area contributed by atoms with E-state index in [0.29, 0.717) is 13.0 Å². The monoisotopic (exact) mass is 564 g/mol. The molecule has 206 valence electrons. The predicted molar refractivity (Wildman–Crippen MR) is 163 cm³/mol. The third-order valence-corrected chi connectivity index (χ3v) is 8.56. The average molecular weight is 565 g/mol. The van der Waals surface area contributed by atoms with Crippen molar-refractivity contribution in [1.82, 2.24) is 4.90 Å². The number of nitrogens with zero attached hydrogens (tertiary/aromatic N) is 1. The van der Waals surface area contributed by atoms with Gasteiger partial charge in [0.1, 0.15) is 18.1 Å². The highest BCUT2D eigenvalue weighted by Gasteiger charge is 2.15. The van der Waals surface area contributed by atoms with E-state index >= 15 is 0 Å². The second-order valence-electron chi connectivity index (χ2n) is 10.1. The van der Waals surface area contributed by atoms with Gasteiger partial charge in [0.05, 0.1) is 6.61 Å². The maximum absolute atomic E-state index is 11.2. The number of likely N-dealkylation sites (tertiary alicyclic amines) is 1. The number of fused-ring (bicyclic) bond motifs is 1. The van der Waals surface area contributed by atoms with Crippen LogP contribution < -0.4 is 15.2 Å². The van der Waals surface area contributed by atoms with Crippen molar-refractivity contribution in [2.45, 2.75) is 32.6 Å². The van der Waals surface area contributed by atoms with Gasteiger partial charge in [-0.05, 0) is 103 Å². The van der Waals surface area contributed by atoms with Crippen LogP contribution in [0.4, 0.5) is 0 Å². The van der Waals surface area contributed by atoms with Gasteiger partial charge in [-0.2, -0.15) is 0 Å². The molecule has 1 unspecified atom stereocenters. The van der Waals surface area contributed by atoms with E-state index in [-0.39, 0.29) is 24.2 Å². The van der Waals surface area contributed by atoms with Crippen molar-refractivity contribution < 1.29 is 14.3 Å². The third kappa shape index (κ3) is 7.53. The summed E-state index contributed by atoms with van der Waals surface area (Å²) in [5, 5.41) is 1.30. The molecule has 1 amide bonds. The van der Waals surface area contributed by atoms with Crippen molar-refractivity contribution >= 4 is 39.7 Å². The summed E-state index contributed by atoms with van der Waals surface area (Å²) in [5.74, 6) is 1.26. The van der Waals surface area contributed by atoms with Crippen molar-refractivity contribution in [3.05, 3.63) is 83.9 Å². The molecule has 0 radical (unpaired) electrons. The van der Waals surface area contributed by atoms with E-state index in [1.54, 1.807) is 0 Å². The number of nitrogens with two attached hydrogens (primary N) is 1. The van der Waals surface area contributed by atoms with Gasteiger partial charge in [0, 0.05) is 22.0 Å². The number of rotatable bonds is 12. The van der Waals surface area contributed by atoms with Crippen LogP contribution in [0.15, 0.2) is 72.8 Å². The second-order valence-corrected chi connectivity index (χ2v) is 11.1. The van der Waals surface area contributed by atoms with E-state index in [1.807, 2.05) is 30.4 Å². The fourth-order valence-electron chi connectivity index (χ4n) is 4.91. The Morgan fingerprint density at radius 1 is 0.923 bits per heavy atom. The molecule has 39 heavy (non-hydrogen) atoms. The standard InChI is InChI=1S/C32H36N2O3S.ClH/c1-23(32(33)35)16-20-36-26-12-8-24(9-13-26)22-29-28-6-2-3-7-30(28)38-31(29)25-10-14-27(15-11-25)37-21-19-34-17-4-5-18-34;/h2-3,6-15,23H,4-5,16-22H2,1H3,(H2,33,35);1H. The zero-order valence-corrected chi connectivity index (χ0v) is 24.1. The third-order valence-electron chi connectivity index (χ3n) is 7.30. The normalized spacial score (nSPS) is 14.2. The van der Waals surface area contributed by atoms with Gasteiger partial charge >= 0.3 is 0 Å². The molecular weight excluding hydrogens is 528 g/mol. The summed E-state index contributed by atoms with van der Waals surface area (Å²) in [4.78, 5) is 15.0. The molecular formula is C32H37ClN2O3S. The Balaban J connectivity index is 0.00000353. The minimum absolute atomic E-state index is 0. The maximum atomic E-state index is 11.2. The van der Waals surface area contributed by atoms with Gasteiger partial charge in [0.2, 0.25) is 5.91 Å². The lowest BCUT2D eigenvalue weighted by Gasteiger charge is -2.15. The van der Waals surface area contributed by atoms with Gasteiger partial charge in [-0.15, -0.1) is 23.7 Å². The van der Waals surface area contributed by atoms with Crippen molar-refractivity contribution in [2.24, 2.45) is 11.7 Å². The first-order chi connectivity index (χ1) is 18.6. The number of carbonyl (C=O) groups excluding carboxylic acids is 1. The van der Waals surface area contributed by atoms with Crippen molar-refractivity contribution in [1.29, 1.82) is 0 Å². The van der Waals surface area contributed by atoms with E-state index in [9.17, 15) is 4.79 Å². The Morgan fingerprint density at radius 3 is 2.26 bits per heavy atom. The summed E-state index contributed by atoms with van der Waals surface area (Å²) in [7, 11) is 0. The number of amides is 1. The van der Waals surface area contributed by atoms with Crippen LogP contribution in [0.2, 0.25) is 0 Å². The van der Waals surface area contributed by atoms with Gasteiger partial charge < -0.3 is 15.2 Å². The van der Waals surface area contributed by atoms with Crippen molar-refractivity contribution in [3.63, 3.8) is 0 Å². The zero-order valence-electron chi connectivity index (χ0n) is 22.4. The Hall–Kier alpha value is -3.06. The lowest BCUT2D eigenvalue weighted by Crippen LogP contribution is -2.25. The SMILES string of the molecule is CC(CCOc1ccc(Cc2c(-c3ccc(OCCN4CCCC4)cc3)sc3ccccc23)cc1)C(N)=O.Cl. The van der Waals surface area contributed by atoms with Gasteiger partial charge in [-0.3, -0.25) is 9.69 Å². The molecule has 0 saturated carbocycles. The average Bonchev–Trinajstić information content (AvgIpc) is 3.58. The summed E-state index contributed by atoms with van der Waals surface area (Å²) >= 11 is 1.85. The number of carbonyl (C=O) groups is 1. The molecule has 1 saturated heterocycles. The quantitative estimate of drug-likeness (QED) is 0.202. The van der Waals surface area contributed by atoms with Gasteiger partial charge in [0.15, 0.2) is 0 Å². The maximum Gasteiger partial charge on any atom is 0.220 e. The van der Waals surface area contributed by atoms with Crippen molar-refractivity contribution in [2.75, 3.05) is 32.8 Å². The van der Waals surface area contributed by atoms with Crippen molar-refractivity contribution in [3.8, 4) is 21.9 Å². The van der Waals surface area contributed by atoms with Crippen LogP contribution in [-0.2, 0) is 11.2 Å². The van der Waals surface area contributed by atoms with E-state index in [4.69, 9.17) is 15.2 Å². The summed E-state index contributed by atoms with van der Waals surface area (Å²) < 4.78 is 13.2. The fraction of sp³-hybridized carbons (Fsp3) is 0.344. The predicted octanol–water partition coefficient (Wildman–Crippen LogP) is 6.95. The Morgan fingerprint density at radius 2 is 1.56 bits per heavy atom. The minimum Gasteiger partial charge on any atom is -0.494 e. The van der Waals surface area contributed by atoms with Crippen LogP contribution in [0.5, 0.6) is 11.5 Å². The first kappa shape index (κ1) is 28.9. The largest absolute Gasteiger partial charge is 0.494 e. The minimum atomic E-state index is -0.289. The highest BCUT2D eigenvalue weighted by Crippen LogP contribution is 2.40. The Kier molecular flexibility index (Phi) is 10.3. The van der Waals surface area contributed by atoms with E-state index in [2.05, 4.69) is 65.6 Å². The van der Waals surface area contributed by atoms with Gasteiger partial charge in [0.25, 0.3) is 0 Å². The highest BCUT2D eigenvalue weighted by atomic mass is 35.5. The molecule has 1 aliphatic rings. The number of halogens is 1. The molecule has 2 heterocycles. The topological polar surface area (TPSA) is 64.8 Å². The molecule has 3 aromatic carbocycles. The molecule has 2 N–H and O–H groups in total. The molecule has 1 aliphatic heterocycles. The van der Waals surface area contributed by atoms with Crippen LogP contribution >= 0.6 is 23.7 Å². The summed E-state index contributed by atoms with van der Waals surface area (Å²) in [6.45, 7) is 6.43. The molecule has 1 aromatic heterocycles. The molecule has 1 atom stereocenters. The number of hydrogen-bond acceptors (Lipinski definition) is 5. The molecule has 7 heteroatoms. The lowest BCUT2D eigenvalue weighted by atomic mass is 9.99. The molecule has 1 fully saturated rings. The molecule has 0 aliphatic carbocycles. The van der Waals surface area contributed by atoms with Gasteiger partial charge in [-0.25, -0.2) is 0 Å². The van der Waals surface area contributed by atoms with Crippen LogP contribution in [0, 0.1) is 5.92 Å². The van der Waals surface area contributed by atoms with Crippen LogP contribution in [0.1, 0.15) is 37.3 Å². The van der Waals surface area contributed by atoms with Crippen LogP contribution in [0.25, 0.3) is 20.5 Å². The van der Waals surface area contributed by atoms with E-state index in [1.165, 1.54) is 57.6 Å². The zero-order chi connectivity index (χ0) is 26.3. The Bertz CT molecular complexity index is 1350. The second kappa shape index (κ2) is 13.8. The first-order valence-electron chi connectivity index (χ1n) is 13.5. The van der Waals surface area contributed by atoms with Gasteiger partial charge in [-0.1, -0.05) is 37.3 Å². The highest BCUT2D eigenvalue weighted by molar-refractivity contribution is 7.22. The Labute approximate surface area is 241 Å². The molecule has 5 nitrogen and oxygen atoms in total. The first-order valence-corrected chi connectivity index (χ1v) is 14.4. The van der Waals surface area contributed by atoms with E-state index in [0.717, 1.165) is 31.1 Å². The molecule has 0 spiro atoms. The number of benzene rings is 3. The fourth-order valence-corrected chi connectivity index (χ4v) is 6.14.